The fourth-order valence-electron chi connectivity index (χ4n) is 0.832. The number of aromatic nitrogens is 1. The van der Waals surface area contributed by atoms with Crippen LogP contribution in [-0.4, -0.2) is 28.0 Å². The van der Waals surface area contributed by atoms with E-state index in [9.17, 15) is 9.59 Å². The van der Waals surface area contributed by atoms with Gasteiger partial charge in [-0.15, -0.1) is 0 Å². The number of hydrogen-bond donors (Lipinski definition) is 2. The first-order chi connectivity index (χ1) is 6.59. The van der Waals surface area contributed by atoms with Crippen molar-refractivity contribution in [3.63, 3.8) is 0 Å². The molecule has 0 saturated carbocycles. The van der Waals surface area contributed by atoms with Crippen molar-refractivity contribution in [1.82, 2.24) is 10.3 Å². The van der Waals surface area contributed by atoms with Gasteiger partial charge in [-0.05, 0) is 6.92 Å². The van der Waals surface area contributed by atoms with Gasteiger partial charge in [-0.1, -0.05) is 0 Å². The quantitative estimate of drug-likeness (QED) is 0.699. The molecule has 1 rings (SSSR count). The number of carboxylic acids is 1. The van der Waals surface area contributed by atoms with Crippen LogP contribution in [0.1, 0.15) is 12.8 Å². The largest absolute Gasteiger partial charge is 0.480 e. The summed E-state index contributed by atoms with van der Waals surface area (Å²) in [4.78, 5) is 25.3. The van der Waals surface area contributed by atoms with E-state index in [4.69, 9.17) is 9.52 Å². The Kier molecular flexibility index (Phi) is 3.22. The average molecular weight is 198 g/mol. The topological polar surface area (TPSA) is 92.4 Å². The number of hydrogen-bond acceptors (Lipinski definition) is 4. The summed E-state index contributed by atoms with van der Waals surface area (Å²) in [5.41, 5.74) is 0. The van der Waals surface area contributed by atoms with E-state index < -0.39 is 17.9 Å². The molecule has 0 aliphatic rings. The predicted octanol–water partition coefficient (Wildman–Crippen LogP) is -0.194. The summed E-state index contributed by atoms with van der Waals surface area (Å²) >= 11 is 0. The summed E-state index contributed by atoms with van der Waals surface area (Å²) in [6.45, 7) is 1.38. The molecule has 0 bridgehead atoms. The molecule has 0 saturated heterocycles. The highest BCUT2D eigenvalue weighted by molar-refractivity contribution is 5.83. The van der Waals surface area contributed by atoms with Gasteiger partial charge >= 0.3 is 5.97 Å². The van der Waals surface area contributed by atoms with Crippen LogP contribution in [-0.2, 0) is 16.0 Å². The van der Waals surface area contributed by atoms with Gasteiger partial charge in [-0.3, -0.25) is 9.59 Å². The molecular formula is C8H10N2O4. The average Bonchev–Trinajstić information content (AvgIpc) is 2.56. The van der Waals surface area contributed by atoms with Crippen molar-refractivity contribution in [2.45, 2.75) is 19.4 Å². The van der Waals surface area contributed by atoms with E-state index in [1.807, 2.05) is 0 Å². The summed E-state index contributed by atoms with van der Waals surface area (Å²) in [5, 5.41) is 10.8. The minimum atomic E-state index is -1.08. The third kappa shape index (κ3) is 2.89. The first-order valence-corrected chi connectivity index (χ1v) is 4.00. The number of rotatable bonds is 4. The minimum absolute atomic E-state index is 0.0510. The number of nitrogens with zero attached hydrogens (tertiary/aromatic N) is 1. The summed E-state index contributed by atoms with van der Waals surface area (Å²) in [5.74, 6) is -1.24. The first-order valence-electron chi connectivity index (χ1n) is 4.00. The Morgan fingerprint density at radius 2 is 2.43 bits per heavy atom. The van der Waals surface area contributed by atoms with Gasteiger partial charge in [0.2, 0.25) is 11.8 Å². The molecule has 0 aromatic carbocycles. The normalized spacial score (nSPS) is 12.1. The van der Waals surface area contributed by atoms with Gasteiger partial charge < -0.3 is 14.8 Å². The SMILES string of the molecule is C[C@H](NC(=O)Cc1ncco1)C(=O)O. The molecule has 6 heteroatoms. The van der Waals surface area contributed by atoms with Gasteiger partial charge in [0.25, 0.3) is 0 Å². The lowest BCUT2D eigenvalue weighted by molar-refractivity contribution is -0.141. The second-order valence-electron chi connectivity index (χ2n) is 2.73. The maximum Gasteiger partial charge on any atom is 0.325 e. The molecule has 76 valence electrons. The van der Waals surface area contributed by atoms with E-state index in [-0.39, 0.29) is 12.3 Å². The summed E-state index contributed by atoms with van der Waals surface area (Å²) in [6.07, 6.45) is 2.72. The van der Waals surface area contributed by atoms with Crippen LogP contribution in [0.15, 0.2) is 16.9 Å². The lowest BCUT2D eigenvalue weighted by Gasteiger charge is -2.07. The smallest absolute Gasteiger partial charge is 0.325 e. The maximum atomic E-state index is 11.2. The van der Waals surface area contributed by atoms with Crippen LogP contribution in [0, 0.1) is 0 Å². The minimum Gasteiger partial charge on any atom is -0.480 e. The van der Waals surface area contributed by atoms with Crippen LogP contribution in [0.5, 0.6) is 0 Å². The van der Waals surface area contributed by atoms with Gasteiger partial charge in [-0.2, -0.15) is 0 Å². The van der Waals surface area contributed by atoms with Gasteiger partial charge in [-0.25, -0.2) is 4.98 Å². The third-order valence-electron chi connectivity index (χ3n) is 1.54. The fourth-order valence-corrected chi connectivity index (χ4v) is 0.832. The molecule has 14 heavy (non-hydrogen) atoms. The van der Waals surface area contributed by atoms with E-state index >= 15 is 0 Å². The second-order valence-corrected chi connectivity index (χ2v) is 2.73. The number of aliphatic carboxylic acids is 1. The summed E-state index contributed by atoms with van der Waals surface area (Å²) in [6, 6.07) is -0.905. The molecule has 1 aromatic rings. The van der Waals surface area contributed by atoms with Crippen molar-refractivity contribution in [2.75, 3.05) is 0 Å². The van der Waals surface area contributed by atoms with Crippen molar-refractivity contribution < 1.29 is 19.1 Å². The Balaban J connectivity index is 2.40. The molecule has 1 atom stereocenters. The van der Waals surface area contributed by atoms with Crippen molar-refractivity contribution >= 4 is 11.9 Å². The molecule has 2 N–H and O–H groups in total. The summed E-state index contributed by atoms with van der Waals surface area (Å²) in [7, 11) is 0. The fraction of sp³-hybridized carbons (Fsp3) is 0.375. The van der Waals surface area contributed by atoms with E-state index in [0.29, 0.717) is 0 Å². The second kappa shape index (κ2) is 4.40. The van der Waals surface area contributed by atoms with Crippen LogP contribution in [0.2, 0.25) is 0 Å². The predicted molar refractivity (Wildman–Crippen MR) is 45.4 cm³/mol. The van der Waals surface area contributed by atoms with Gasteiger partial charge in [0.1, 0.15) is 18.7 Å². The Morgan fingerprint density at radius 3 is 2.93 bits per heavy atom. The molecular weight excluding hydrogens is 188 g/mol. The molecule has 1 heterocycles. The maximum absolute atomic E-state index is 11.2. The standard InChI is InChI=1S/C8H10N2O4/c1-5(8(12)13)10-6(11)4-7-9-2-3-14-7/h2-3,5H,4H2,1H3,(H,10,11)(H,12,13)/t5-/m0/s1. The van der Waals surface area contributed by atoms with Crippen LogP contribution < -0.4 is 5.32 Å². The van der Waals surface area contributed by atoms with Gasteiger partial charge in [0.15, 0.2) is 0 Å². The van der Waals surface area contributed by atoms with Crippen LogP contribution in [0.25, 0.3) is 0 Å². The molecule has 0 fully saturated rings. The number of carbonyl (C=O) groups excluding carboxylic acids is 1. The van der Waals surface area contributed by atoms with Crippen molar-refractivity contribution in [2.24, 2.45) is 0 Å². The number of amides is 1. The van der Waals surface area contributed by atoms with Crippen LogP contribution >= 0.6 is 0 Å². The van der Waals surface area contributed by atoms with Gasteiger partial charge in [0, 0.05) is 0 Å². The van der Waals surface area contributed by atoms with Gasteiger partial charge in [0.05, 0.1) is 6.20 Å². The van der Waals surface area contributed by atoms with E-state index in [1.54, 1.807) is 0 Å². The van der Waals surface area contributed by atoms with Crippen LogP contribution in [0.4, 0.5) is 0 Å². The first kappa shape index (κ1) is 10.2. The highest BCUT2D eigenvalue weighted by atomic mass is 16.4. The number of oxazole rings is 1. The van der Waals surface area contributed by atoms with Crippen molar-refractivity contribution in [3.8, 4) is 0 Å². The Morgan fingerprint density at radius 1 is 1.71 bits per heavy atom. The molecule has 1 amide bonds. The lowest BCUT2D eigenvalue weighted by atomic mass is 10.3. The molecule has 0 radical (unpaired) electrons. The zero-order chi connectivity index (χ0) is 10.6. The monoisotopic (exact) mass is 198 g/mol. The van der Waals surface area contributed by atoms with Crippen LogP contribution in [0.3, 0.4) is 0 Å². The van der Waals surface area contributed by atoms with E-state index in [2.05, 4.69) is 10.3 Å². The molecule has 6 nitrogen and oxygen atoms in total. The van der Waals surface area contributed by atoms with Crippen molar-refractivity contribution in [3.05, 3.63) is 18.4 Å². The highest BCUT2D eigenvalue weighted by Crippen LogP contribution is 1.95. The zero-order valence-electron chi connectivity index (χ0n) is 7.56. The third-order valence-corrected chi connectivity index (χ3v) is 1.54. The Bertz CT molecular complexity index is 320. The molecule has 0 spiro atoms. The summed E-state index contributed by atoms with van der Waals surface area (Å²) < 4.78 is 4.83. The zero-order valence-corrected chi connectivity index (χ0v) is 7.56. The van der Waals surface area contributed by atoms with Crippen molar-refractivity contribution in [1.29, 1.82) is 0 Å². The Labute approximate surface area is 79.9 Å². The molecule has 1 aromatic heterocycles. The number of carbonyl (C=O) groups is 2. The molecule has 0 aliphatic carbocycles. The molecule has 0 aliphatic heterocycles. The Hall–Kier alpha value is -1.85. The highest BCUT2D eigenvalue weighted by Gasteiger charge is 2.15. The lowest BCUT2D eigenvalue weighted by Crippen LogP contribution is -2.39. The van der Waals surface area contributed by atoms with E-state index in [1.165, 1.54) is 19.4 Å². The number of nitrogens with one attached hydrogen (secondary N) is 1. The van der Waals surface area contributed by atoms with E-state index in [0.717, 1.165) is 0 Å². The molecule has 0 unspecified atom stereocenters. The number of carboxylic acid groups (broad SMARTS) is 1.